The summed E-state index contributed by atoms with van der Waals surface area (Å²) in [7, 11) is -2.84. The molecule has 1 N–H and O–H groups in total. The zero-order chi connectivity index (χ0) is 13.4. The molecular formula is C13H21NO3S. The quantitative estimate of drug-likeness (QED) is 0.726. The number of rotatable bonds is 8. The Bertz CT molecular complexity index is 457. The largest absolute Gasteiger partial charge is 0.492 e. The molecule has 1 aromatic carbocycles. The van der Waals surface area contributed by atoms with Gasteiger partial charge in [-0.1, -0.05) is 12.1 Å². The van der Waals surface area contributed by atoms with Gasteiger partial charge in [0.15, 0.2) is 0 Å². The fourth-order valence-electron chi connectivity index (χ4n) is 1.53. The highest BCUT2D eigenvalue weighted by molar-refractivity contribution is 7.90. The van der Waals surface area contributed by atoms with Gasteiger partial charge in [0, 0.05) is 12.8 Å². The van der Waals surface area contributed by atoms with Crippen molar-refractivity contribution < 1.29 is 13.2 Å². The van der Waals surface area contributed by atoms with Gasteiger partial charge in [-0.3, -0.25) is 0 Å². The van der Waals surface area contributed by atoms with Crippen molar-refractivity contribution in [3.63, 3.8) is 0 Å². The van der Waals surface area contributed by atoms with Gasteiger partial charge in [0.2, 0.25) is 0 Å². The van der Waals surface area contributed by atoms with Crippen LogP contribution in [0.2, 0.25) is 0 Å². The molecule has 18 heavy (non-hydrogen) atoms. The topological polar surface area (TPSA) is 55.4 Å². The summed E-state index contributed by atoms with van der Waals surface area (Å²) < 4.78 is 27.3. The van der Waals surface area contributed by atoms with Crippen LogP contribution in [-0.2, 0) is 9.84 Å². The van der Waals surface area contributed by atoms with Crippen molar-refractivity contribution in [3.05, 3.63) is 29.8 Å². The lowest BCUT2D eigenvalue weighted by atomic mass is 10.2. The molecule has 0 saturated carbocycles. The molecule has 0 fully saturated rings. The molecule has 1 aromatic rings. The molecule has 0 heterocycles. The van der Waals surface area contributed by atoms with Crippen LogP contribution in [0.15, 0.2) is 24.3 Å². The Morgan fingerprint density at radius 3 is 2.72 bits per heavy atom. The molecule has 0 aliphatic heterocycles. The van der Waals surface area contributed by atoms with Crippen LogP contribution in [-0.4, -0.2) is 40.1 Å². The predicted molar refractivity (Wildman–Crippen MR) is 73.9 cm³/mol. The molecule has 102 valence electrons. The molecule has 5 heteroatoms. The van der Waals surface area contributed by atoms with Gasteiger partial charge in [0.25, 0.3) is 0 Å². The Balaban J connectivity index is 2.06. The van der Waals surface area contributed by atoms with Crippen LogP contribution in [0.4, 0.5) is 0 Å². The third-order valence-electron chi connectivity index (χ3n) is 2.41. The van der Waals surface area contributed by atoms with Crippen LogP contribution in [0.3, 0.4) is 0 Å². The zero-order valence-electron chi connectivity index (χ0n) is 11.0. The SMILES string of the molecule is Cc1cccc(OCCNCCCS(C)(=O)=O)c1. The van der Waals surface area contributed by atoms with Gasteiger partial charge in [-0.15, -0.1) is 0 Å². The van der Waals surface area contributed by atoms with Crippen LogP contribution in [0.25, 0.3) is 0 Å². The number of aryl methyl sites for hydroxylation is 1. The first-order valence-electron chi connectivity index (χ1n) is 6.05. The molecule has 0 amide bonds. The molecule has 4 nitrogen and oxygen atoms in total. The van der Waals surface area contributed by atoms with E-state index in [0.29, 0.717) is 19.6 Å². The highest BCUT2D eigenvalue weighted by Gasteiger charge is 2.00. The number of sulfone groups is 1. The van der Waals surface area contributed by atoms with Gasteiger partial charge in [-0.05, 0) is 37.6 Å². The molecule has 0 saturated heterocycles. The van der Waals surface area contributed by atoms with Crippen molar-refractivity contribution in [1.29, 1.82) is 0 Å². The minimum absolute atomic E-state index is 0.235. The lowest BCUT2D eigenvalue weighted by Crippen LogP contribution is -2.23. The molecule has 0 spiro atoms. The average molecular weight is 271 g/mol. The van der Waals surface area contributed by atoms with Gasteiger partial charge in [0.05, 0.1) is 5.75 Å². The summed E-state index contributed by atoms with van der Waals surface area (Å²) in [5.74, 6) is 1.10. The number of ether oxygens (including phenoxy) is 1. The van der Waals surface area contributed by atoms with Crippen LogP contribution < -0.4 is 10.1 Å². The Morgan fingerprint density at radius 2 is 2.06 bits per heavy atom. The van der Waals surface area contributed by atoms with Gasteiger partial charge in [-0.25, -0.2) is 8.42 Å². The number of hydrogen-bond donors (Lipinski definition) is 1. The Kier molecular flexibility index (Phi) is 6.15. The Labute approximate surface area is 109 Å². The van der Waals surface area contributed by atoms with Crippen LogP contribution in [0, 0.1) is 6.92 Å². The zero-order valence-corrected chi connectivity index (χ0v) is 11.8. The summed E-state index contributed by atoms with van der Waals surface area (Å²) in [4.78, 5) is 0. The second-order valence-corrected chi connectivity index (χ2v) is 6.66. The summed E-state index contributed by atoms with van der Waals surface area (Å²) in [6.45, 7) is 4.03. The standard InChI is InChI=1S/C13H21NO3S/c1-12-5-3-6-13(11-12)17-9-8-14-7-4-10-18(2,15)16/h3,5-6,11,14H,4,7-10H2,1-2H3. The fraction of sp³-hybridized carbons (Fsp3) is 0.538. The lowest BCUT2D eigenvalue weighted by molar-refractivity contribution is 0.314. The van der Waals surface area contributed by atoms with Gasteiger partial charge >= 0.3 is 0 Å². The smallest absolute Gasteiger partial charge is 0.147 e. The fourth-order valence-corrected chi connectivity index (χ4v) is 2.20. The van der Waals surface area contributed by atoms with E-state index >= 15 is 0 Å². The van der Waals surface area contributed by atoms with E-state index in [1.54, 1.807) is 0 Å². The van der Waals surface area contributed by atoms with Crippen LogP contribution >= 0.6 is 0 Å². The maximum Gasteiger partial charge on any atom is 0.147 e. The van der Waals surface area contributed by atoms with Crippen molar-refractivity contribution in [2.45, 2.75) is 13.3 Å². The van der Waals surface area contributed by atoms with E-state index in [2.05, 4.69) is 5.32 Å². The maximum atomic E-state index is 10.9. The van der Waals surface area contributed by atoms with E-state index < -0.39 is 9.84 Å². The number of benzene rings is 1. The van der Waals surface area contributed by atoms with Crippen LogP contribution in [0.5, 0.6) is 5.75 Å². The van der Waals surface area contributed by atoms with Gasteiger partial charge < -0.3 is 10.1 Å². The summed E-state index contributed by atoms with van der Waals surface area (Å²) in [6, 6.07) is 7.90. The molecule has 0 bridgehead atoms. The van der Waals surface area contributed by atoms with E-state index in [4.69, 9.17) is 4.74 Å². The van der Waals surface area contributed by atoms with Crippen molar-refractivity contribution >= 4 is 9.84 Å². The maximum absolute atomic E-state index is 10.9. The van der Waals surface area contributed by atoms with Crippen molar-refractivity contribution in [2.24, 2.45) is 0 Å². The van der Waals surface area contributed by atoms with E-state index in [-0.39, 0.29) is 5.75 Å². The van der Waals surface area contributed by atoms with Gasteiger partial charge in [0.1, 0.15) is 22.2 Å². The van der Waals surface area contributed by atoms with Gasteiger partial charge in [-0.2, -0.15) is 0 Å². The summed E-state index contributed by atoms with van der Waals surface area (Å²) >= 11 is 0. The molecule has 0 radical (unpaired) electrons. The number of nitrogens with one attached hydrogen (secondary N) is 1. The third-order valence-corrected chi connectivity index (χ3v) is 3.44. The first-order valence-corrected chi connectivity index (χ1v) is 8.11. The molecule has 0 aliphatic rings. The minimum Gasteiger partial charge on any atom is -0.492 e. The third kappa shape index (κ3) is 7.29. The predicted octanol–water partition coefficient (Wildman–Crippen LogP) is 1.40. The Morgan fingerprint density at radius 1 is 1.28 bits per heavy atom. The minimum atomic E-state index is -2.84. The lowest BCUT2D eigenvalue weighted by Gasteiger charge is -2.07. The van der Waals surface area contributed by atoms with Crippen molar-refractivity contribution in [1.82, 2.24) is 5.32 Å². The molecule has 0 aliphatic carbocycles. The molecule has 0 unspecified atom stereocenters. The van der Waals surface area contributed by atoms with E-state index in [0.717, 1.165) is 12.3 Å². The Hall–Kier alpha value is -1.07. The highest BCUT2D eigenvalue weighted by atomic mass is 32.2. The number of hydrogen-bond acceptors (Lipinski definition) is 4. The van der Waals surface area contributed by atoms with E-state index in [9.17, 15) is 8.42 Å². The second-order valence-electron chi connectivity index (χ2n) is 4.40. The summed E-state index contributed by atoms with van der Waals surface area (Å²) in [6.07, 6.45) is 1.90. The molecule has 0 aromatic heterocycles. The first kappa shape index (κ1) is 15.0. The monoisotopic (exact) mass is 271 g/mol. The van der Waals surface area contributed by atoms with E-state index in [1.807, 2.05) is 31.2 Å². The summed E-state index contributed by atoms with van der Waals surface area (Å²) in [5.41, 5.74) is 1.17. The molecular weight excluding hydrogens is 250 g/mol. The second kappa shape index (κ2) is 7.38. The molecule has 0 atom stereocenters. The van der Waals surface area contributed by atoms with Crippen molar-refractivity contribution in [3.8, 4) is 5.75 Å². The van der Waals surface area contributed by atoms with E-state index in [1.165, 1.54) is 11.8 Å². The highest BCUT2D eigenvalue weighted by Crippen LogP contribution is 2.11. The van der Waals surface area contributed by atoms with Crippen molar-refractivity contribution in [2.75, 3.05) is 31.7 Å². The first-order chi connectivity index (χ1) is 8.47. The normalized spacial score (nSPS) is 11.4. The summed E-state index contributed by atoms with van der Waals surface area (Å²) in [5, 5.41) is 3.15. The van der Waals surface area contributed by atoms with Crippen LogP contribution in [0.1, 0.15) is 12.0 Å². The molecule has 1 rings (SSSR count). The average Bonchev–Trinajstić information content (AvgIpc) is 2.26.